The first-order valence-corrected chi connectivity index (χ1v) is 7.90. The van der Waals surface area contributed by atoms with Crippen molar-refractivity contribution in [2.45, 2.75) is 19.8 Å². The summed E-state index contributed by atoms with van der Waals surface area (Å²) in [5.74, 6) is 0.697. The quantitative estimate of drug-likeness (QED) is 0.672. The van der Waals surface area contributed by atoms with Crippen LogP contribution in [-0.2, 0) is 12.8 Å². The molecule has 3 aromatic rings. The van der Waals surface area contributed by atoms with E-state index in [0.29, 0.717) is 12.8 Å². The van der Waals surface area contributed by atoms with Gasteiger partial charge in [0.05, 0.1) is 0 Å². The Labute approximate surface area is 141 Å². The largest absolute Gasteiger partial charge is 0.508 e. The van der Waals surface area contributed by atoms with Crippen LogP contribution in [0.15, 0.2) is 60.7 Å². The first kappa shape index (κ1) is 15.9. The summed E-state index contributed by atoms with van der Waals surface area (Å²) >= 11 is 0. The highest BCUT2D eigenvalue weighted by atomic mass is 16.3. The highest BCUT2D eigenvalue weighted by Gasteiger charge is 2.12. The van der Waals surface area contributed by atoms with Crippen LogP contribution in [0.1, 0.15) is 27.8 Å². The summed E-state index contributed by atoms with van der Waals surface area (Å²) in [6, 6.07) is 18.3. The van der Waals surface area contributed by atoms with E-state index in [4.69, 9.17) is 0 Å². The second kappa shape index (κ2) is 6.67. The highest BCUT2D eigenvalue weighted by molar-refractivity contribution is 5.49. The van der Waals surface area contributed by atoms with Crippen LogP contribution in [0, 0.1) is 6.92 Å². The number of para-hydroxylation sites is 3. The van der Waals surface area contributed by atoms with Crippen molar-refractivity contribution in [1.82, 2.24) is 0 Å². The predicted octanol–water partition coefficient (Wildman–Crippen LogP) is 4.29. The van der Waals surface area contributed by atoms with E-state index in [1.54, 1.807) is 12.1 Å². The summed E-state index contributed by atoms with van der Waals surface area (Å²) < 4.78 is 0. The average molecular weight is 320 g/mol. The van der Waals surface area contributed by atoms with E-state index in [9.17, 15) is 15.3 Å². The van der Waals surface area contributed by atoms with E-state index in [2.05, 4.69) is 0 Å². The molecule has 0 bridgehead atoms. The van der Waals surface area contributed by atoms with Crippen LogP contribution in [0.2, 0.25) is 0 Å². The van der Waals surface area contributed by atoms with Gasteiger partial charge in [-0.15, -0.1) is 0 Å². The predicted molar refractivity (Wildman–Crippen MR) is 94.7 cm³/mol. The number of rotatable bonds is 4. The molecule has 0 spiro atoms. The third kappa shape index (κ3) is 3.20. The van der Waals surface area contributed by atoms with E-state index in [0.717, 1.165) is 27.8 Å². The Morgan fingerprint density at radius 2 is 1.08 bits per heavy atom. The monoisotopic (exact) mass is 320 g/mol. The van der Waals surface area contributed by atoms with E-state index in [1.165, 1.54) is 0 Å². The molecule has 3 aromatic carbocycles. The van der Waals surface area contributed by atoms with Gasteiger partial charge in [-0.05, 0) is 40.8 Å². The molecule has 122 valence electrons. The lowest BCUT2D eigenvalue weighted by molar-refractivity contribution is 0.456. The Kier molecular flexibility index (Phi) is 4.43. The molecule has 3 heteroatoms. The second-order valence-corrected chi connectivity index (χ2v) is 5.99. The van der Waals surface area contributed by atoms with Crippen molar-refractivity contribution >= 4 is 0 Å². The molecule has 0 unspecified atom stereocenters. The number of phenols is 3. The lowest BCUT2D eigenvalue weighted by Gasteiger charge is -2.12. The maximum Gasteiger partial charge on any atom is 0.122 e. The Balaban J connectivity index is 1.91. The molecule has 3 rings (SSSR count). The summed E-state index contributed by atoms with van der Waals surface area (Å²) in [4.78, 5) is 0. The van der Waals surface area contributed by atoms with Gasteiger partial charge in [0.15, 0.2) is 0 Å². The van der Waals surface area contributed by atoms with Crippen LogP contribution in [0.3, 0.4) is 0 Å². The van der Waals surface area contributed by atoms with Gasteiger partial charge in [0, 0.05) is 12.8 Å². The molecule has 0 radical (unpaired) electrons. The zero-order valence-electron chi connectivity index (χ0n) is 13.5. The molecule has 0 heterocycles. The average Bonchev–Trinajstić information content (AvgIpc) is 2.57. The van der Waals surface area contributed by atoms with Gasteiger partial charge in [-0.2, -0.15) is 0 Å². The third-order valence-corrected chi connectivity index (χ3v) is 4.28. The molecule has 24 heavy (non-hydrogen) atoms. The maximum atomic E-state index is 10.6. The number of aryl methyl sites for hydroxylation is 1. The van der Waals surface area contributed by atoms with Crippen molar-refractivity contribution < 1.29 is 15.3 Å². The van der Waals surface area contributed by atoms with Crippen molar-refractivity contribution in [2.24, 2.45) is 0 Å². The van der Waals surface area contributed by atoms with Crippen molar-refractivity contribution in [1.29, 1.82) is 0 Å². The van der Waals surface area contributed by atoms with Crippen LogP contribution in [0.4, 0.5) is 0 Å². The van der Waals surface area contributed by atoms with Crippen LogP contribution in [-0.4, -0.2) is 15.3 Å². The minimum absolute atomic E-state index is 0.210. The summed E-state index contributed by atoms with van der Waals surface area (Å²) in [6.45, 7) is 1.85. The highest BCUT2D eigenvalue weighted by Crippen LogP contribution is 2.31. The fourth-order valence-electron chi connectivity index (χ4n) is 2.86. The van der Waals surface area contributed by atoms with Gasteiger partial charge in [-0.25, -0.2) is 0 Å². The molecule has 0 aliphatic rings. The molecule has 0 fully saturated rings. The first-order valence-electron chi connectivity index (χ1n) is 7.90. The summed E-state index contributed by atoms with van der Waals surface area (Å²) in [7, 11) is 0. The zero-order valence-corrected chi connectivity index (χ0v) is 13.5. The smallest absolute Gasteiger partial charge is 0.122 e. The maximum absolute atomic E-state index is 10.6. The Morgan fingerprint density at radius 1 is 0.583 bits per heavy atom. The van der Waals surface area contributed by atoms with Crippen LogP contribution < -0.4 is 0 Å². The molecular formula is C21H20O3. The number of aromatic hydroxyl groups is 3. The number of hydrogen-bond acceptors (Lipinski definition) is 3. The standard InChI is InChI=1S/C21H20O3/c1-14-6-4-8-16(20(14)23)13-18-10-5-9-17(21(18)24)12-15-7-2-3-11-19(15)22/h2-11,22-24H,12-13H2,1H3. The fraction of sp³-hybridized carbons (Fsp3) is 0.143. The molecule has 0 amide bonds. The Hall–Kier alpha value is -2.94. The van der Waals surface area contributed by atoms with Crippen molar-refractivity contribution in [2.75, 3.05) is 0 Å². The molecule has 0 aliphatic carbocycles. The van der Waals surface area contributed by atoms with E-state index in [-0.39, 0.29) is 17.2 Å². The normalized spacial score (nSPS) is 10.7. The van der Waals surface area contributed by atoms with Crippen molar-refractivity contribution in [3.63, 3.8) is 0 Å². The second-order valence-electron chi connectivity index (χ2n) is 5.99. The van der Waals surface area contributed by atoms with Crippen LogP contribution in [0.25, 0.3) is 0 Å². The van der Waals surface area contributed by atoms with Gasteiger partial charge in [-0.3, -0.25) is 0 Å². The van der Waals surface area contributed by atoms with E-state index >= 15 is 0 Å². The number of phenolic OH excluding ortho intramolecular Hbond substituents is 3. The Bertz CT molecular complexity index is 869. The lowest BCUT2D eigenvalue weighted by Crippen LogP contribution is -1.95. The molecule has 0 aliphatic heterocycles. The zero-order chi connectivity index (χ0) is 17.1. The van der Waals surface area contributed by atoms with Crippen LogP contribution in [0.5, 0.6) is 17.2 Å². The molecule has 0 aromatic heterocycles. The fourth-order valence-corrected chi connectivity index (χ4v) is 2.86. The van der Waals surface area contributed by atoms with Gasteiger partial charge >= 0.3 is 0 Å². The lowest BCUT2D eigenvalue weighted by atomic mass is 9.96. The van der Waals surface area contributed by atoms with Crippen molar-refractivity contribution in [3.05, 3.63) is 88.5 Å². The number of benzene rings is 3. The summed E-state index contributed by atoms with van der Waals surface area (Å²) in [5.41, 5.74) is 3.87. The molecule has 3 N–H and O–H groups in total. The summed E-state index contributed by atoms with van der Waals surface area (Å²) in [5, 5.41) is 30.7. The first-order chi connectivity index (χ1) is 11.6. The minimum atomic E-state index is 0.210. The van der Waals surface area contributed by atoms with Gasteiger partial charge < -0.3 is 15.3 Å². The van der Waals surface area contributed by atoms with E-state index < -0.39 is 0 Å². The molecule has 3 nitrogen and oxygen atoms in total. The molecule has 0 saturated carbocycles. The van der Waals surface area contributed by atoms with Crippen molar-refractivity contribution in [3.8, 4) is 17.2 Å². The molecule has 0 atom stereocenters. The van der Waals surface area contributed by atoms with Gasteiger partial charge in [0.1, 0.15) is 17.2 Å². The SMILES string of the molecule is Cc1cccc(Cc2cccc(Cc3ccccc3O)c2O)c1O. The minimum Gasteiger partial charge on any atom is -0.508 e. The molecular weight excluding hydrogens is 300 g/mol. The summed E-state index contributed by atoms with van der Waals surface area (Å²) in [6.07, 6.45) is 0.903. The topological polar surface area (TPSA) is 60.7 Å². The third-order valence-electron chi connectivity index (χ3n) is 4.28. The Morgan fingerprint density at radius 3 is 1.75 bits per heavy atom. The van der Waals surface area contributed by atoms with E-state index in [1.807, 2.05) is 55.5 Å². The van der Waals surface area contributed by atoms with Gasteiger partial charge in [0.25, 0.3) is 0 Å². The molecule has 0 saturated heterocycles. The number of hydrogen-bond donors (Lipinski definition) is 3. The van der Waals surface area contributed by atoms with Gasteiger partial charge in [0.2, 0.25) is 0 Å². The van der Waals surface area contributed by atoms with Gasteiger partial charge in [-0.1, -0.05) is 54.6 Å². The van der Waals surface area contributed by atoms with Crippen LogP contribution >= 0.6 is 0 Å².